The van der Waals surface area contributed by atoms with Crippen molar-refractivity contribution in [3.8, 4) is 11.8 Å². The minimum Gasteiger partial charge on any atom is -0.508 e. The number of aliphatic hydroxyl groups excluding tert-OH is 1. The van der Waals surface area contributed by atoms with Gasteiger partial charge in [0.05, 0.1) is 12.7 Å². The Morgan fingerprint density at radius 1 is 1.18 bits per heavy atom. The van der Waals surface area contributed by atoms with E-state index in [1.807, 2.05) is 6.07 Å². The third-order valence-corrected chi connectivity index (χ3v) is 4.29. The molecule has 0 radical (unpaired) electrons. The first-order chi connectivity index (χ1) is 15.1. The molecular formula is C23H34N4O6. The fourth-order valence-electron chi connectivity index (χ4n) is 2.97. The number of aliphatic hydroxyl groups is 1. The van der Waals surface area contributed by atoms with Crippen molar-refractivity contribution in [3.05, 3.63) is 29.3 Å². The van der Waals surface area contributed by atoms with Gasteiger partial charge in [0.15, 0.2) is 0 Å². The van der Waals surface area contributed by atoms with Gasteiger partial charge in [0.1, 0.15) is 30.0 Å². The van der Waals surface area contributed by atoms with Gasteiger partial charge in [-0.25, -0.2) is 4.79 Å². The minimum atomic E-state index is -1.45. The van der Waals surface area contributed by atoms with Crippen LogP contribution in [0.2, 0.25) is 0 Å². The third-order valence-electron chi connectivity index (χ3n) is 4.29. The summed E-state index contributed by atoms with van der Waals surface area (Å²) in [5.41, 5.74) is -0.660. The number of benzene rings is 1. The predicted octanol–water partition coefficient (Wildman–Crippen LogP) is 1.89. The number of carbonyl (C=O) groups is 3. The first kappa shape index (κ1) is 27.7. The van der Waals surface area contributed by atoms with Crippen LogP contribution >= 0.6 is 0 Å². The second-order valence-corrected chi connectivity index (χ2v) is 9.69. The van der Waals surface area contributed by atoms with Crippen molar-refractivity contribution in [1.29, 1.82) is 5.26 Å². The Kier molecular flexibility index (Phi) is 9.24. The monoisotopic (exact) mass is 462 g/mol. The molecule has 0 spiro atoms. The number of phenols is 1. The fraction of sp³-hybridized carbons (Fsp3) is 0.565. The number of aryl methyl sites for hydroxylation is 1. The van der Waals surface area contributed by atoms with Gasteiger partial charge < -0.3 is 30.5 Å². The molecule has 2 unspecified atom stereocenters. The van der Waals surface area contributed by atoms with Gasteiger partial charge in [-0.2, -0.15) is 5.26 Å². The summed E-state index contributed by atoms with van der Waals surface area (Å²) in [6.45, 7) is 10.6. The molecule has 2 atom stereocenters. The lowest BCUT2D eigenvalue weighted by Gasteiger charge is -2.34. The van der Waals surface area contributed by atoms with Crippen LogP contribution in [0.15, 0.2) is 18.2 Å². The Balaban J connectivity index is 3.42. The number of hydrogen-bond donors (Lipinski definition) is 4. The van der Waals surface area contributed by atoms with Crippen LogP contribution in [0, 0.1) is 18.3 Å². The molecule has 0 bridgehead atoms. The maximum absolute atomic E-state index is 13.3. The van der Waals surface area contributed by atoms with Crippen molar-refractivity contribution in [2.24, 2.45) is 0 Å². The molecule has 1 rings (SSSR count). The topological polar surface area (TPSA) is 152 Å². The van der Waals surface area contributed by atoms with Crippen LogP contribution < -0.4 is 10.6 Å². The number of phenolic OH excluding ortho intramolecular Hbond substituents is 1. The summed E-state index contributed by atoms with van der Waals surface area (Å²) in [6, 6.07) is 3.56. The average Bonchev–Trinajstić information content (AvgIpc) is 2.65. The predicted molar refractivity (Wildman–Crippen MR) is 121 cm³/mol. The zero-order valence-electron chi connectivity index (χ0n) is 20.2. The maximum Gasteiger partial charge on any atom is 0.408 e. The molecule has 0 aliphatic rings. The lowest BCUT2D eigenvalue weighted by atomic mass is 9.99. The van der Waals surface area contributed by atoms with Gasteiger partial charge in [0.2, 0.25) is 11.8 Å². The molecule has 0 fully saturated rings. The standard InChI is InChI=1S/C23H34N4O6/c1-14-12-15(8-9-17(14)29)18(19(30)26-22(2,3)4)27(11-10-24)20(31)16(13-28)25-21(32)33-23(5,6)7/h8-9,12,16,18,28-29H,11,13H2,1-7H3,(H,25,32)(H,26,30). The number of nitrogens with zero attached hydrogens (tertiary/aromatic N) is 2. The molecule has 33 heavy (non-hydrogen) atoms. The highest BCUT2D eigenvalue weighted by atomic mass is 16.6. The van der Waals surface area contributed by atoms with Crippen LogP contribution in [0.3, 0.4) is 0 Å². The lowest BCUT2D eigenvalue weighted by Crippen LogP contribution is -2.55. The number of alkyl carbamates (subject to hydrolysis) is 1. The molecule has 3 amide bonds. The number of rotatable bonds is 7. The van der Waals surface area contributed by atoms with E-state index in [-0.39, 0.29) is 5.75 Å². The van der Waals surface area contributed by atoms with E-state index in [1.165, 1.54) is 18.2 Å². The Morgan fingerprint density at radius 2 is 1.79 bits per heavy atom. The minimum absolute atomic E-state index is 0.00622. The highest BCUT2D eigenvalue weighted by Gasteiger charge is 2.37. The molecule has 4 N–H and O–H groups in total. The normalized spacial score (nSPS) is 13.3. The molecule has 10 nitrogen and oxygen atoms in total. The van der Waals surface area contributed by atoms with Crippen LogP contribution in [-0.2, 0) is 14.3 Å². The summed E-state index contributed by atoms with van der Waals surface area (Å²) in [5.74, 6) is -1.40. The molecule has 1 aromatic carbocycles. The quantitative estimate of drug-likeness (QED) is 0.452. The van der Waals surface area contributed by atoms with Gasteiger partial charge in [-0.15, -0.1) is 0 Å². The highest BCUT2D eigenvalue weighted by molar-refractivity contribution is 5.92. The second-order valence-electron chi connectivity index (χ2n) is 9.69. The van der Waals surface area contributed by atoms with E-state index in [9.17, 15) is 29.9 Å². The third kappa shape index (κ3) is 8.61. The van der Waals surface area contributed by atoms with E-state index < -0.39 is 54.3 Å². The highest BCUT2D eigenvalue weighted by Crippen LogP contribution is 2.27. The van der Waals surface area contributed by atoms with Crippen LogP contribution in [-0.4, -0.2) is 63.4 Å². The van der Waals surface area contributed by atoms with E-state index in [0.717, 1.165) is 4.90 Å². The smallest absolute Gasteiger partial charge is 0.408 e. The van der Waals surface area contributed by atoms with Gasteiger partial charge >= 0.3 is 6.09 Å². The summed E-state index contributed by atoms with van der Waals surface area (Å²) in [6.07, 6.45) is -0.928. The SMILES string of the molecule is Cc1cc(C(C(=O)NC(C)(C)C)N(CC#N)C(=O)C(CO)NC(=O)OC(C)(C)C)ccc1O. The Labute approximate surface area is 194 Å². The van der Waals surface area contributed by atoms with Crippen LogP contribution in [0.4, 0.5) is 4.79 Å². The van der Waals surface area contributed by atoms with Crippen molar-refractivity contribution < 1.29 is 29.3 Å². The van der Waals surface area contributed by atoms with Gasteiger partial charge in [0, 0.05) is 5.54 Å². The number of nitriles is 1. The van der Waals surface area contributed by atoms with E-state index in [1.54, 1.807) is 48.5 Å². The molecule has 0 aliphatic carbocycles. The summed E-state index contributed by atoms with van der Waals surface area (Å²) in [7, 11) is 0. The zero-order chi connectivity index (χ0) is 25.6. The number of amides is 3. The largest absolute Gasteiger partial charge is 0.508 e. The number of hydrogen-bond acceptors (Lipinski definition) is 7. The summed E-state index contributed by atoms with van der Waals surface area (Å²) in [4.78, 5) is 39.7. The average molecular weight is 463 g/mol. The first-order valence-electron chi connectivity index (χ1n) is 10.5. The molecule has 0 heterocycles. The second kappa shape index (κ2) is 11.0. The van der Waals surface area contributed by atoms with Gasteiger partial charge in [-0.05, 0) is 71.7 Å². The molecule has 0 aromatic heterocycles. The Morgan fingerprint density at radius 3 is 2.24 bits per heavy atom. The zero-order valence-corrected chi connectivity index (χ0v) is 20.2. The van der Waals surface area contributed by atoms with Gasteiger partial charge in [0.25, 0.3) is 0 Å². The molecule has 0 aliphatic heterocycles. The molecule has 0 saturated heterocycles. The first-order valence-corrected chi connectivity index (χ1v) is 10.5. The number of carbonyl (C=O) groups excluding carboxylic acids is 3. The van der Waals surface area contributed by atoms with Gasteiger partial charge in [-0.3, -0.25) is 9.59 Å². The van der Waals surface area contributed by atoms with E-state index >= 15 is 0 Å². The fourth-order valence-corrected chi connectivity index (χ4v) is 2.97. The van der Waals surface area contributed by atoms with Crippen molar-refractivity contribution in [3.63, 3.8) is 0 Å². The molecular weight excluding hydrogens is 428 g/mol. The number of aromatic hydroxyl groups is 1. The van der Waals surface area contributed by atoms with E-state index in [4.69, 9.17) is 4.74 Å². The lowest BCUT2D eigenvalue weighted by molar-refractivity contribution is -0.143. The van der Waals surface area contributed by atoms with Crippen LogP contribution in [0.5, 0.6) is 5.75 Å². The number of ether oxygens (including phenoxy) is 1. The Hall–Kier alpha value is -3.32. The van der Waals surface area contributed by atoms with Crippen molar-refractivity contribution in [1.82, 2.24) is 15.5 Å². The molecule has 10 heteroatoms. The molecule has 1 aromatic rings. The van der Waals surface area contributed by atoms with Gasteiger partial charge in [-0.1, -0.05) is 6.07 Å². The number of nitrogens with one attached hydrogen (secondary N) is 2. The van der Waals surface area contributed by atoms with Crippen molar-refractivity contribution >= 4 is 17.9 Å². The molecule has 0 saturated carbocycles. The maximum atomic E-state index is 13.3. The summed E-state index contributed by atoms with van der Waals surface area (Å²) >= 11 is 0. The van der Waals surface area contributed by atoms with Crippen LogP contribution in [0.1, 0.15) is 58.7 Å². The Bertz CT molecular complexity index is 911. The van der Waals surface area contributed by atoms with E-state index in [2.05, 4.69) is 10.6 Å². The molecule has 182 valence electrons. The van der Waals surface area contributed by atoms with Crippen molar-refractivity contribution in [2.45, 2.75) is 71.7 Å². The van der Waals surface area contributed by atoms with E-state index in [0.29, 0.717) is 11.1 Å². The van der Waals surface area contributed by atoms with Crippen molar-refractivity contribution in [2.75, 3.05) is 13.2 Å². The van der Waals surface area contributed by atoms with Crippen LogP contribution in [0.25, 0.3) is 0 Å². The summed E-state index contributed by atoms with van der Waals surface area (Å²) < 4.78 is 5.14. The summed E-state index contributed by atoms with van der Waals surface area (Å²) in [5, 5.41) is 34.2.